The van der Waals surface area contributed by atoms with E-state index in [1.807, 2.05) is 0 Å². The second kappa shape index (κ2) is 4.36. The summed E-state index contributed by atoms with van der Waals surface area (Å²) < 4.78 is 25.6. The number of anilines is 1. The van der Waals surface area contributed by atoms with Gasteiger partial charge in [0.25, 0.3) is 0 Å². The molecular weight excluding hydrogens is 258 g/mol. The number of nitrogens with one attached hydrogen (secondary N) is 2. The Hall–Kier alpha value is -1.17. The molecule has 0 unspecified atom stereocenters. The summed E-state index contributed by atoms with van der Waals surface area (Å²) >= 11 is 2.72. The molecule has 0 radical (unpaired) electrons. The van der Waals surface area contributed by atoms with Crippen LogP contribution >= 0.6 is 15.9 Å². The molecule has 2 amide bonds. The summed E-state index contributed by atoms with van der Waals surface area (Å²) in [4.78, 5) is 10.8. The molecule has 1 rings (SSSR count). The summed E-state index contributed by atoms with van der Waals surface area (Å²) in [5, 5.41) is 4.51. The van der Waals surface area contributed by atoms with Gasteiger partial charge in [-0.25, -0.2) is 13.6 Å². The molecule has 1 aromatic rings. The summed E-state index contributed by atoms with van der Waals surface area (Å²) in [6, 6.07) is 1.50. The number of amides is 2. The van der Waals surface area contributed by atoms with Gasteiger partial charge in [-0.15, -0.1) is 0 Å². The second-order valence-corrected chi connectivity index (χ2v) is 3.25. The van der Waals surface area contributed by atoms with Crippen LogP contribution in [0.2, 0.25) is 0 Å². The van der Waals surface area contributed by atoms with Gasteiger partial charge in [-0.1, -0.05) is 0 Å². The molecule has 0 spiro atoms. The van der Waals surface area contributed by atoms with Crippen molar-refractivity contribution >= 4 is 27.6 Å². The maximum Gasteiger partial charge on any atom is 0.318 e. The van der Waals surface area contributed by atoms with E-state index >= 15 is 0 Å². The van der Waals surface area contributed by atoms with Crippen LogP contribution in [0.25, 0.3) is 0 Å². The third-order valence-corrected chi connectivity index (χ3v) is 2.23. The quantitative estimate of drug-likeness (QED) is 0.752. The number of hydrogen-bond acceptors (Lipinski definition) is 1. The molecule has 0 saturated heterocycles. The van der Waals surface area contributed by atoms with E-state index in [1.54, 1.807) is 0 Å². The Bertz CT molecular complexity index is 347. The Kier molecular flexibility index (Phi) is 3.40. The average Bonchev–Trinajstić information content (AvgIpc) is 2.14. The van der Waals surface area contributed by atoms with E-state index in [0.717, 1.165) is 12.1 Å². The van der Waals surface area contributed by atoms with Crippen LogP contribution in [0.3, 0.4) is 0 Å². The fourth-order valence-corrected chi connectivity index (χ4v) is 1.05. The number of carbonyl (C=O) groups is 1. The molecule has 1 aromatic carbocycles. The monoisotopic (exact) mass is 264 g/mol. The molecule has 0 atom stereocenters. The Balaban J connectivity index is 2.95. The Morgan fingerprint density at radius 2 is 1.86 bits per heavy atom. The zero-order valence-corrected chi connectivity index (χ0v) is 8.78. The lowest BCUT2D eigenvalue weighted by molar-refractivity contribution is 0.254. The van der Waals surface area contributed by atoms with Crippen molar-refractivity contribution in [2.75, 3.05) is 12.4 Å². The second-order valence-electron chi connectivity index (χ2n) is 2.46. The average molecular weight is 265 g/mol. The van der Waals surface area contributed by atoms with Crippen LogP contribution in [0.1, 0.15) is 0 Å². The summed E-state index contributed by atoms with van der Waals surface area (Å²) in [7, 11) is 1.40. The minimum atomic E-state index is -0.767. The van der Waals surface area contributed by atoms with Crippen molar-refractivity contribution in [3.8, 4) is 0 Å². The van der Waals surface area contributed by atoms with Crippen molar-refractivity contribution < 1.29 is 13.6 Å². The van der Waals surface area contributed by atoms with E-state index in [9.17, 15) is 13.6 Å². The highest BCUT2D eigenvalue weighted by Crippen LogP contribution is 2.23. The molecule has 2 N–H and O–H groups in total. The molecule has 0 aliphatic heterocycles. The Labute approximate surface area is 87.6 Å². The standard InChI is InChI=1S/C8H7BrF2N2O/c1-12-8(14)13-4-2-5(10)7(9)6(11)3-4/h2-3H,1H3,(H2,12,13,14). The van der Waals surface area contributed by atoms with Crippen molar-refractivity contribution in [2.45, 2.75) is 0 Å². The Morgan fingerprint density at radius 1 is 1.36 bits per heavy atom. The molecule has 76 valence electrons. The topological polar surface area (TPSA) is 41.1 Å². The number of benzene rings is 1. The Morgan fingerprint density at radius 3 is 2.29 bits per heavy atom. The molecule has 0 heterocycles. The minimum absolute atomic E-state index is 0.0579. The maximum atomic E-state index is 12.9. The van der Waals surface area contributed by atoms with Crippen molar-refractivity contribution in [1.82, 2.24) is 5.32 Å². The first-order chi connectivity index (χ1) is 6.54. The van der Waals surface area contributed by atoms with E-state index < -0.39 is 17.7 Å². The van der Waals surface area contributed by atoms with Gasteiger partial charge in [-0.3, -0.25) is 0 Å². The third-order valence-electron chi connectivity index (χ3n) is 1.47. The first-order valence-electron chi connectivity index (χ1n) is 3.68. The lowest BCUT2D eigenvalue weighted by Gasteiger charge is -2.05. The predicted octanol–water partition coefficient (Wildman–Crippen LogP) is 2.48. The number of urea groups is 1. The fourth-order valence-electron chi connectivity index (χ4n) is 0.821. The molecule has 0 aliphatic rings. The van der Waals surface area contributed by atoms with Crippen LogP contribution < -0.4 is 10.6 Å². The van der Waals surface area contributed by atoms with Crippen molar-refractivity contribution in [2.24, 2.45) is 0 Å². The fraction of sp³-hybridized carbons (Fsp3) is 0.125. The summed E-state index contributed by atoms with van der Waals surface area (Å²) in [5.74, 6) is -1.53. The van der Waals surface area contributed by atoms with E-state index in [2.05, 4.69) is 26.6 Å². The molecule has 14 heavy (non-hydrogen) atoms. The molecule has 3 nitrogen and oxygen atoms in total. The predicted molar refractivity (Wildman–Crippen MR) is 52.1 cm³/mol. The van der Waals surface area contributed by atoms with Crippen LogP contribution in [-0.2, 0) is 0 Å². The number of carbonyl (C=O) groups excluding carboxylic acids is 1. The van der Waals surface area contributed by atoms with Gasteiger partial charge < -0.3 is 10.6 Å². The SMILES string of the molecule is CNC(=O)Nc1cc(F)c(Br)c(F)c1. The van der Waals surface area contributed by atoms with Gasteiger partial charge in [0.2, 0.25) is 0 Å². The van der Waals surface area contributed by atoms with E-state index in [0.29, 0.717) is 0 Å². The van der Waals surface area contributed by atoms with Gasteiger partial charge in [-0.2, -0.15) is 0 Å². The summed E-state index contributed by atoms with van der Waals surface area (Å²) in [6.45, 7) is 0. The largest absolute Gasteiger partial charge is 0.341 e. The first kappa shape index (κ1) is 10.9. The number of hydrogen-bond donors (Lipinski definition) is 2. The lowest BCUT2D eigenvalue weighted by atomic mass is 10.3. The normalized spacial score (nSPS) is 9.71. The van der Waals surface area contributed by atoms with Gasteiger partial charge in [0, 0.05) is 12.7 Å². The van der Waals surface area contributed by atoms with E-state index in [-0.39, 0.29) is 10.2 Å². The summed E-state index contributed by atoms with van der Waals surface area (Å²) in [5.41, 5.74) is 0.0579. The number of halogens is 3. The molecule has 0 aromatic heterocycles. The highest BCUT2D eigenvalue weighted by atomic mass is 79.9. The molecule has 0 fully saturated rings. The van der Waals surface area contributed by atoms with Crippen molar-refractivity contribution in [3.05, 3.63) is 28.2 Å². The first-order valence-corrected chi connectivity index (χ1v) is 4.47. The molecule has 0 bridgehead atoms. The molecular formula is C8H7BrF2N2O. The van der Waals surface area contributed by atoms with Crippen LogP contribution in [0.4, 0.5) is 19.3 Å². The van der Waals surface area contributed by atoms with E-state index in [4.69, 9.17) is 0 Å². The van der Waals surface area contributed by atoms with Gasteiger partial charge in [0.1, 0.15) is 11.6 Å². The molecule has 0 saturated carbocycles. The van der Waals surface area contributed by atoms with Gasteiger partial charge >= 0.3 is 6.03 Å². The smallest absolute Gasteiger partial charge is 0.318 e. The summed E-state index contributed by atoms with van der Waals surface area (Å²) in [6.07, 6.45) is 0. The molecule has 6 heteroatoms. The minimum Gasteiger partial charge on any atom is -0.341 e. The van der Waals surface area contributed by atoms with Gasteiger partial charge in [0.05, 0.1) is 4.47 Å². The van der Waals surface area contributed by atoms with Gasteiger partial charge in [0.15, 0.2) is 0 Å². The highest BCUT2D eigenvalue weighted by molar-refractivity contribution is 9.10. The third kappa shape index (κ3) is 2.41. The van der Waals surface area contributed by atoms with Crippen molar-refractivity contribution in [1.29, 1.82) is 0 Å². The maximum absolute atomic E-state index is 12.9. The zero-order valence-electron chi connectivity index (χ0n) is 7.20. The van der Waals surface area contributed by atoms with Crippen molar-refractivity contribution in [3.63, 3.8) is 0 Å². The zero-order chi connectivity index (χ0) is 10.7. The van der Waals surface area contributed by atoms with Gasteiger partial charge in [-0.05, 0) is 28.1 Å². The molecule has 0 aliphatic carbocycles. The highest BCUT2D eigenvalue weighted by Gasteiger charge is 2.09. The van der Waals surface area contributed by atoms with Crippen LogP contribution in [-0.4, -0.2) is 13.1 Å². The van der Waals surface area contributed by atoms with Crippen LogP contribution in [0.5, 0.6) is 0 Å². The lowest BCUT2D eigenvalue weighted by Crippen LogP contribution is -2.24. The van der Waals surface area contributed by atoms with Crippen LogP contribution in [0, 0.1) is 11.6 Å². The van der Waals surface area contributed by atoms with E-state index in [1.165, 1.54) is 7.05 Å². The van der Waals surface area contributed by atoms with Crippen LogP contribution in [0.15, 0.2) is 16.6 Å². The number of rotatable bonds is 1.